The highest BCUT2D eigenvalue weighted by atomic mass is 16.3. The van der Waals surface area contributed by atoms with E-state index in [4.69, 9.17) is 4.98 Å². The van der Waals surface area contributed by atoms with Crippen LogP contribution < -0.4 is 0 Å². The molecule has 2 heterocycles. The van der Waals surface area contributed by atoms with Gasteiger partial charge in [0, 0.05) is 30.6 Å². The van der Waals surface area contributed by atoms with E-state index in [0.29, 0.717) is 24.6 Å². The summed E-state index contributed by atoms with van der Waals surface area (Å²) in [6, 6.07) is 19.7. The van der Waals surface area contributed by atoms with Crippen LogP contribution in [-0.4, -0.2) is 40.6 Å². The zero-order chi connectivity index (χ0) is 17.9. The highest BCUT2D eigenvalue weighted by Gasteiger charge is 2.25. The molecule has 3 aromatic rings. The molecule has 2 aromatic carbocycles. The van der Waals surface area contributed by atoms with Gasteiger partial charge in [0.1, 0.15) is 0 Å². The van der Waals surface area contributed by atoms with Gasteiger partial charge in [-0.3, -0.25) is 4.79 Å². The summed E-state index contributed by atoms with van der Waals surface area (Å²) in [7, 11) is 0. The van der Waals surface area contributed by atoms with Crippen LogP contribution in [0.25, 0.3) is 22.2 Å². The van der Waals surface area contributed by atoms with Crippen LogP contribution in [0.1, 0.15) is 23.2 Å². The molecule has 0 saturated carbocycles. The number of fused-ring (bicyclic) bond motifs is 1. The van der Waals surface area contributed by atoms with E-state index in [1.807, 2.05) is 65.6 Å². The third-order valence-electron chi connectivity index (χ3n) is 5.18. The molecule has 0 unspecified atom stereocenters. The number of amides is 1. The van der Waals surface area contributed by atoms with Crippen molar-refractivity contribution in [1.82, 2.24) is 9.88 Å². The molecule has 1 amide bonds. The SMILES string of the molecule is O=C(c1cc(-c2ccccc2)nc2ccccc12)N1CCC(CO)CC1. The lowest BCUT2D eigenvalue weighted by molar-refractivity contribution is 0.0653. The zero-order valence-corrected chi connectivity index (χ0v) is 14.6. The summed E-state index contributed by atoms with van der Waals surface area (Å²) in [6.45, 7) is 1.60. The molecule has 132 valence electrons. The standard InChI is InChI=1S/C22H22N2O2/c25-15-16-10-12-24(13-11-16)22(26)19-14-21(17-6-2-1-3-7-17)23-20-9-5-4-8-18(19)20/h1-9,14,16,25H,10-13,15H2. The average molecular weight is 346 g/mol. The van der Waals surface area contributed by atoms with Crippen molar-refractivity contribution in [1.29, 1.82) is 0 Å². The summed E-state index contributed by atoms with van der Waals surface area (Å²) >= 11 is 0. The smallest absolute Gasteiger partial charge is 0.254 e. The van der Waals surface area contributed by atoms with Gasteiger partial charge >= 0.3 is 0 Å². The molecule has 0 aliphatic carbocycles. The predicted molar refractivity (Wildman–Crippen MR) is 103 cm³/mol. The minimum absolute atomic E-state index is 0.0529. The van der Waals surface area contributed by atoms with Gasteiger partial charge in [0.2, 0.25) is 0 Å². The summed E-state index contributed by atoms with van der Waals surface area (Å²) in [5.41, 5.74) is 3.36. The molecule has 1 saturated heterocycles. The highest BCUT2D eigenvalue weighted by molar-refractivity contribution is 6.07. The Morgan fingerprint density at radius 2 is 1.73 bits per heavy atom. The number of carbonyl (C=O) groups excluding carboxylic acids is 1. The molecule has 4 rings (SSSR count). The lowest BCUT2D eigenvalue weighted by Crippen LogP contribution is -2.39. The molecule has 1 fully saturated rings. The molecule has 0 atom stereocenters. The normalized spacial score (nSPS) is 15.3. The Morgan fingerprint density at radius 1 is 1.04 bits per heavy atom. The van der Waals surface area contributed by atoms with Gasteiger partial charge in [-0.2, -0.15) is 0 Å². The van der Waals surface area contributed by atoms with Crippen molar-refractivity contribution in [2.75, 3.05) is 19.7 Å². The minimum atomic E-state index is 0.0529. The monoisotopic (exact) mass is 346 g/mol. The summed E-state index contributed by atoms with van der Waals surface area (Å²) in [6.07, 6.45) is 1.72. The van der Waals surface area contributed by atoms with Crippen molar-refractivity contribution in [3.63, 3.8) is 0 Å². The van der Waals surface area contributed by atoms with Crippen LogP contribution in [0, 0.1) is 5.92 Å². The zero-order valence-electron chi connectivity index (χ0n) is 14.6. The number of aliphatic hydroxyl groups is 1. The molecule has 26 heavy (non-hydrogen) atoms. The van der Waals surface area contributed by atoms with Crippen LogP contribution in [0.5, 0.6) is 0 Å². The second-order valence-corrected chi connectivity index (χ2v) is 6.86. The first-order chi connectivity index (χ1) is 12.8. The van der Waals surface area contributed by atoms with Gasteiger partial charge < -0.3 is 10.0 Å². The fourth-order valence-corrected chi connectivity index (χ4v) is 3.60. The van der Waals surface area contributed by atoms with Crippen molar-refractivity contribution >= 4 is 16.8 Å². The van der Waals surface area contributed by atoms with Crippen LogP contribution in [0.2, 0.25) is 0 Å². The maximum atomic E-state index is 13.2. The second-order valence-electron chi connectivity index (χ2n) is 6.86. The van der Waals surface area contributed by atoms with Crippen LogP contribution >= 0.6 is 0 Å². The number of para-hydroxylation sites is 1. The first kappa shape index (κ1) is 16.7. The Balaban J connectivity index is 1.75. The molecule has 0 radical (unpaired) electrons. The van der Waals surface area contributed by atoms with E-state index < -0.39 is 0 Å². The third-order valence-corrected chi connectivity index (χ3v) is 5.18. The van der Waals surface area contributed by atoms with E-state index in [-0.39, 0.29) is 12.5 Å². The number of piperidine rings is 1. The molecule has 4 heteroatoms. The lowest BCUT2D eigenvalue weighted by Gasteiger charge is -2.31. The second kappa shape index (κ2) is 7.26. The molecule has 1 aromatic heterocycles. The lowest BCUT2D eigenvalue weighted by atomic mass is 9.96. The molecule has 4 nitrogen and oxygen atoms in total. The maximum Gasteiger partial charge on any atom is 0.254 e. The number of pyridine rings is 1. The van der Waals surface area contributed by atoms with Crippen molar-refractivity contribution in [3.8, 4) is 11.3 Å². The number of aromatic nitrogens is 1. The Kier molecular flexibility index (Phi) is 4.67. The first-order valence-electron chi connectivity index (χ1n) is 9.11. The van der Waals surface area contributed by atoms with E-state index in [2.05, 4.69) is 0 Å². The number of hydrogen-bond donors (Lipinski definition) is 1. The Bertz CT molecular complexity index is 916. The van der Waals surface area contributed by atoms with E-state index in [1.54, 1.807) is 0 Å². The molecular weight excluding hydrogens is 324 g/mol. The number of benzene rings is 2. The van der Waals surface area contributed by atoms with Crippen molar-refractivity contribution in [2.24, 2.45) is 5.92 Å². The van der Waals surface area contributed by atoms with Crippen LogP contribution in [0.3, 0.4) is 0 Å². The number of nitrogens with zero attached hydrogens (tertiary/aromatic N) is 2. The number of hydrogen-bond acceptors (Lipinski definition) is 3. The van der Waals surface area contributed by atoms with Crippen molar-refractivity contribution in [3.05, 3.63) is 66.2 Å². The van der Waals surface area contributed by atoms with Crippen molar-refractivity contribution < 1.29 is 9.90 Å². The summed E-state index contributed by atoms with van der Waals surface area (Å²) in [4.78, 5) is 19.9. The van der Waals surface area contributed by atoms with E-state index in [0.717, 1.165) is 35.0 Å². The van der Waals surface area contributed by atoms with Gasteiger partial charge in [-0.05, 0) is 30.9 Å². The Morgan fingerprint density at radius 3 is 2.46 bits per heavy atom. The van der Waals surface area contributed by atoms with Gasteiger partial charge in [0.25, 0.3) is 5.91 Å². The third kappa shape index (κ3) is 3.20. The maximum absolute atomic E-state index is 13.2. The first-order valence-corrected chi connectivity index (χ1v) is 9.11. The van der Waals surface area contributed by atoms with Gasteiger partial charge in [-0.25, -0.2) is 4.98 Å². The number of carbonyl (C=O) groups is 1. The Labute approximate surface area is 153 Å². The molecule has 0 spiro atoms. The van der Waals surface area contributed by atoms with Crippen LogP contribution in [-0.2, 0) is 0 Å². The predicted octanol–water partition coefficient (Wildman–Crippen LogP) is 3.75. The molecule has 0 bridgehead atoms. The van der Waals surface area contributed by atoms with E-state index in [9.17, 15) is 9.90 Å². The fraction of sp³-hybridized carbons (Fsp3) is 0.273. The van der Waals surface area contributed by atoms with Gasteiger partial charge in [0.05, 0.1) is 16.8 Å². The summed E-state index contributed by atoms with van der Waals surface area (Å²) in [5.74, 6) is 0.366. The molecule has 1 aliphatic rings. The average Bonchev–Trinajstić information content (AvgIpc) is 2.73. The van der Waals surface area contributed by atoms with Crippen molar-refractivity contribution in [2.45, 2.75) is 12.8 Å². The largest absolute Gasteiger partial charge is 0.396 e. The van der Waals surface area contributed by atoms with Crippen LogP contribution in [0.4, 0.5) is 0 Å². The number of rotatable bonds is 3. The van der Waals surface area contributed by atoms with E-state index in [1.165, 1.54) is 0 Å². The Hall–Kier alpha value is -2.72. The number of aliphatic hydroxyl groups excluding tert-OH is 1. The van der Waals surface area contributed by atoms with Gasteiger partial charge in [0.15, 0.2) is 0 Å². The quantitative estimate of drug-likeness (QED) is 0.786. The van der Waals surface area contributed by atoms with Gasteiger partial charge in [-0.1, -0.05) is 48.5 Å². The minimum Gasteiger partial charge on any atom is -0.396 e. The van der Waals surface area contributed by atoms with Crippen LogP contribution in [0.15, 0.2) is 60.7 Å². The summed E-state index contributed by atoms with van der Waals surface area (Å²) < 4.78 is 0. The molecule has 1 aliphatic heterocycles. The topological polar surface area (TPSA) is 53.4 Å². The fourth-order valence-electron chi connectivity index (χ4n) is 3.60. The van der Waals surface area contributed by atoms with E-state index >= 15 is 0 Å². The van der Waals surface area contributed by atoms with Gasteiger partial charge in [-0.15, -0.1) is 0 Å². The molecule has 1 N–H and O–H groups in total. The highest BCUT2D eigenvalue weighted by Crippen LogP contribution is 2.27. The molecular formula is C22H22N2O2. The number of likely N-dealkylation sites (tertiary alicyclic amines) is 1. The summed E-state index contributed by atoms with van der Waals surface area (Å²) in [5, 5.41) is 10.2.